The fourth-order valence-electron chi connectivity index (χ4n) is 2.26. The smallest absolute Gasteiger partial charge is 0.149 e. The minimum Gasteiger partial charge on any atom is -0.481 e. The van der Waals surface area contributed by atoms with E-state index in [0.717, 1.165) is 25.0 Å². The van der Waals surface area contributed by atoms with Gasteiger partial charge in [0.15, 0.2) is 0 Å². The van der Waals surface area contributed by atoms with Gasteiger partial charge in [0, 0.05) is 21.7 Å². The van der Waals surface area contributed by atoms with Crippen molar-refractivity contribution in [2.45, 2.75) is 45.6 Å². The number of thiophene rings is 1. The molecule has 2 aromatic rings. The molecule has 1 aromatic heterocycles. The number of hydrogen-bond donors (Lipinski definition) is 2. The minimum atomic E-state index is -0.504. The Labute approximate surface area is 154 Å². The van der Waals surface area contributed by atoms with Crippen molar-refractivity contribution in [3.05, 3.63) is 51.2 Å². The molecule has 3 nitrogen and oxygen atoms in total. The summed E-state index contributed by atoms with van der Waals surface area (Å²) in [4.78, 5) is 2.53. The van der Waals surface area contributed by atoms with Gasteiger partial charge in [-0.15, -0.1) is 11.3 Å². The standard InChI is InChI=1S/C21H27NO2S/c1-16-7-8-18(14-17(16)2)24-13-5-4-6-19-9-10-20(25-19)11-12-21(3,22)15-23/h7-10,14,23H,6,11-13,15,22H2,1-3H3. The third-order valence-electron chi connectivity index (χ3n) is 4.20. The summed E-state index contributed by atoms with van der Waals surface area (Å²) in [6.07, 6.45) is 2.40. The van der Waals surface area contributed by atoms with Crippen molar-refractivity contribution in [1.82, 2.24) is 0 Å². The third kappa shape index (κ3) is 6.55. The van der Waals surface area contributed by atoms with Crippen molar-refractivity contribution in [3.8, 4) is 17.6 Å². The van der Waals surface area contributed by atoms with E-state index in [-0.39, 0.29) is 6.61 Å². The minimum absolute atomic E-state index is 0.0111. The molecule has 1 unspecified atom stereocenters. The van der Waals surface area contributed by atoms with Crippen LogP contribution in [0.5, 0.6) is 5.75 Å². The Kier molecular flexibility index (Phi) is 7.07. The maximum Gasteiger partial charge on any atom is 0.149 e. The average Bonchev–Trinajstić information content (AvgIpc) is 3.04. The lowest BCUT2D eigenvalue weighted by atomic mass is 9.98. The Morgan fingerprint density at radius 3 is 2.60 bits per heavy atom. The predicted octanol–water partition coefficient (Wildman–Crippen LogP) is 3.63. The van der Waals surface area contributed by atoms with Crippen molar-refractivity contribution in [1.29, 1.82) is 0 Å². The molecule has 0 aliphatic rings. The number of aliphatic hydroxyl groups is 1. The maximum absolute atomic E-state index is 9.20. The fraction of sp³-hybridized carbons (Fsp3) is 0.429. The Hall–Kier alpha value is -1.80. The molecule has 134 valence electrons. The van der Waals surface area contributed by atoms with Crippen molar-refractivity contribution < 1.29 is 9.84 Å². The van der Waals surface area contributed by atoms with Gasteiger partial charge < -0.3 is 15.6 Å². The summed E-state index contributed by atoms with van der Waals surface area (Å²) >= 11 is 1.76. The predicted molar refractivity (Wildman–Crippen MR) is 105 cm³/mol. The van der Waals surface area contributed by atoms with E-state index in [1.165, 1.54) is 20.9 Å². The van der Waals surface area contributed by atoms with Crippen LogP contribution in [0.15, 0.2) is 30.3 Å². The summed E-state index contributed by atoms with van der Waals surface area (Å²) in [6.45, 7) is 6.46. The van der Waals surface area contributed by atoms with Crippen molar-refractivity contribution in [3.63, 3.8) is 0 Å². The first kappa shape index (κ1) is 19.5. The Balaban J connectivity index is 1.76. The molecule has 2 rings (SSSR count). The number of hydrogen-bond acceptors (Lipinski definition) is 4. The molecule has 0 aliphatic heterocycles. The quantitative estimate of drug-likeness (QED) is 0.744. The van der Waals surface area contributed by atoms with Crippen molar-refractivity contribution in [2.75, 3.05) is 13.2 Å². The fourth-order valence-corrected chi connectivity index (χ4v) is 3.22. The van der Waals surface area contributed by atoms with Gasteiger partial charge in [-0.2, -0.15) is 0 Å². The highest BCUT2D eigenvalue weighted by Gasteiger charge is 2.16. The van der Waals surface area contributed by atoms with Crippen LogP contribution >= 0.6 is 11.3 Å². The summed E-state index contributed by atoms with van der Waals surface area (Å²) in [5.41, 5.74) is 7.96. The molecular formula is C21H27NO2S. The molecule has 0 amide bonds. The van der Waals surface area contributed by atoms with Crippen LogP contribution in [0.2, 0.25) is 0 Å². The van der Waals surface area contributed by atoms with Gasteiger partial charge in [-0.1, -0.05) is 17.9 Å². The number of rotatable bonds is 7. The zero-order valence-corrected chi connectivity index (χ0v) is 16.1. The van der Waals surface area contributed by atoms with E-state index in [9.17, 15) is 5.11 Å². The number of aryl methyl sites for hydroxylation is 3. The second kappa shape index (κ2) is 9.05. The Bertz CT molecular complexity index is 753. The molecule has 4 heteroatoms. The summed E-state index contributed by atoms with van der Waals surface area (Å²) in [5, 5.41) is 9.20. The van der Waals surface area contributed by atoms with Crippen LogP contribution in [0.3, 0.4) is 0 Å². The molecule has 0 spiro atoms. The lowest BCUT2D eigenvalue weighted by molar-refractivity contribution is 0.201. The molecule has 0 aliphatic carbocycles. The molecule has 25 heavy (non-hydrogen) atoms. The van der Waals surface area contributed by atoms with Gasteiger partial charge in [-0.3, -0.25) is 0 Å². The molecule has 0 bridgehead atoms. The normalized spacial score (nSPS) is 13.0. The SMILES string of the molecule is Cc1ccc(OCC#CCc2ccc(CCC(C)(N)CO)s2)cc1C. The Morgan fingerprint density at radius 2 is 1.88 bits per heavy atom. The maximum atomic E-state index is 9.20. The van der Waals surface area contributed by atoms with Gasteiger partial charge in [0.2, 0.25) is 0 Å². The molecule has 1 atom stereocenters. The van der Waals surface area contributed by atoms with E-state index in [4.69, 9.17) is 10.5 Å². The zero-order chi connectivity index (χ0) is 18.3. The molecule has 1 aromatic carbocycles. The highest BCUT2D eigenvalue weighted by Crippen LogP contribution is 2.20. The topological polar surface area (TPSA) is 55.5 Å². The summed E-state index contributed by atoms with van der Waals surface area (Å²) in [7, 11) is 0. The zero-order valence-electron chi connectivity index (χ0n) is 15.3. The van der Waals surface area contributed by atoms with Gasteiger partial charge in [0.25, 0.3) is 0 Å². The monoisotopic (exact) mass is 357 g/mol. The number of benzene rings is 1. The first-order chi connectivity index (χ1) is 11.9. The van der Waals surface area contributed by atoms with E-state index in [1.54, 1.807) is 11.3 Å². The number of ether oxygens (including phenoxy) is 1. The third-order valence-corrected chi connectivity index (χ3v) is 5.34. The second-order valence-electron chi connectivity index (χ2n) is 6.75. The van der Waals surface area contributed by atoms with Gasteiger partial charge in [0.1, 0.15) is 12.4 Å². The van der Waals surface area contributed by atoms with Crippen molar-refractivity contribution in [2.24, 2.45) is 5.73 Å². The second-order valence-corrected chi connectivity index (χ2v) is 8.00. The molecule has 3 N–H and O–H groups in total. The van der Waals surface area contributed by atoms with Gasteiger partial charge in [0.05, 0.1) is 6.61 Å². The lowest BCUT2D eigenvalue weighted by Gasteiger charge is -2.20. The average molecular weight is 358 g/mol. The molecule has 0 fully saturated rings. The summed E-state index contributed by atoms with van der Waals surface area (Å²) in [6, 6.07) is 10.3. The first-order valence-corrected chi connectivity index (χ1v) is 9.34. The van der Waals surface area contributed by atoms with Crippen LogP contribution in [0, 0.1) is 25.7 Å². The van der Waals surface area contributed by atoms with E-state index in [2.05, 4.69) is 43.9 Å². The van der Waals surface area contributed by atoms with Crippen LogP contribution in [-0.2, 0) is 12.8 Å². The molecule has 0 saturated heterocycles. The molecule has 0 saturated carbocycles. The van der Waals surface area contributed by atoms with Crippen LogP contribution in [0.25, 0.3) is 0 Å². The first-order valence-electron chi connectivity index (χ1n) is 8.53. The van der Waals surface area contributed by atoms with Gasteiger partial charge in [-0.05, 0) is 69.0 Å². The number of nitrogens with two attached hydrogens (primary N) is 1. The van der Waals surface area contributed by atoms with E-state index >= 15 is 0 Å². The Morgan fingerprint density at radius 1 is 1.12 bits per heavy atom. The van der Waals surface area contributed by atoms with Crippen LogP contribution in [0.4, 0.5) is 0 Å². The van der Waals surface area contributed by atoms with Crippen molar-refractivity contribution >= 4 is 11.3 Å². The van der Waals surface area contributed by atoms with E-state index < -0.39 is 5.54 Å². The summed E-state index contributed by atoms with van der Waals surface area (Å²) < 4.78 is 5.67. The molecule has 1 heterocycles. The van der Waals surface area contributed by atoms with E-state index in [1.807, 2.05) is 19.1 Å². The van der Waals surface area contributed by atoms with Crippen LogP contribution in [-0.4, -0.2) is 23.9 Å². The lowest BCUT2D eigenvalue weighted by Crippen LogP contribution is -2.40. The van der Waals surface area contributed by atoms with E-state index in [0.29, 0.717) is 6.61 Å². The molecular weight excluding hydrogens is 330 g/mol. The number of aliphatic hydroxyl groups excluding tert-OH is 1. The van der Waals surface area contributed by atoms with Crippen LogP contribution < -0.4 is 10.5 Å². The van der Waals surface area contributed by atoms with Crippen LogP contribution in [0.1, 0.15) is 34.2 Å². The van der Waals surface area contributed by atoms with Gasteiger partial charge >= 0.3 is 0 Å². The highest BCUT2D eigenvalue weighted by atomic mass is 32.1. The largest absolute Gasteiger partial charge is 0.481 e. The summed E-state index contributed by atoms with van der Waals surface area (Å²) in [5.74, 6) is 7.10. The molecule has 0 radical (unpaired) electrons. The highest BCUT2D eigenvalue weighted by molar-refractivity contribution is 7.12. The van der Waals surface area contributed by atoms with Gasteiger partial charge in [-0.25, -0.2) is 0 Å².